The Kier molecular flexibility index (Phi) is 7.78. The van der Waals surface area contributed by atoms with Gasteiger partial charge in [0.2, 0.25) is 0 Å². The largest absolute Gasteiger partial charge is 1.00 e. The fraction of sp³-hybridized carbons (Fsp3) is 0.267. The van der Waals surface area contributed by atoms with Crippen molar-refractivity contribution < 1.29 is 66.5 Å². The van der Waals surface area contributed by atoms with Crippen molar-refractivity contribution in [2.24, 2.45) is 0 Å². The summed E-state index contributed by atoms with van der Waals surface area (Å²) in [6.45, 7) is 1.73. The maximum absolute atomic E-state index is 12.4. The molecule has 0 fully saturated rings. The molecule has 0 aliphatic carbocycles. The van der Waals surface area contributed by atoms with Crippen LogP contribution in [0.25, 0.3) is 10.8 Å². The van der Waals surface area contributed by atoms with Crippen molar-refractivity contribution in [3.8, 4) is 0 Å². The Morgan fingerprint density at radius 3 is 2.19 bits per heavy atom. The van der Waals surface area contributed by atoms with Gasteiger partial charge >= 0.3 is 35.5 Å². The summed E-state index contributed by atoms with van der Waals surface area (Å²) < 4.78 is 62.3. The molecule has 2 N–H and O–H groups in total. The van der Waals surface area contributed by atoms with Crippen molar-refractivity contribution in [3.05, 3.63) is 35.9 Å². The van der Waals surface area contributed by atoms with Gasteiger partial charge in [0.15, 0.2) is 0 Å². The van der Waals surface area contributed by atoms with Crippen LogP contribution in [0.3, 0.4) is 0 Å². The van der Waals surface area contributed by atoms with Crippen LogP contribution in [0.1, 0.15) is 31.6 Å². The normalized spacial score (nSPS) is 11.9. The molecule has 0 bridgehead atoms. The first kappa shape index (κ1) is 23.0. The van der Waals surface area contributed by atoms with Crippen molar-refractivity contribution in [2.45, 2.75) is 29.6 Å². The fourth-order valence-corrected chi connectivity index (χ4v) is 4.30. The van der Waals surface area contributed by atoms with Gasteiger partial charge in [-0.2, -0.15) is 16.8 Å². The van der Waals surface area contributed by atoms with Crippen LogP contribution in [-0.2, 0) is 24.4 Å². The zero-order chi connectivity index (χ0) is 18.8. The van der Waals surface area contributed by atoms with Crippen LogP contribution < -0.4 is 29.6 Å². The SMILES string of the molecule is CCCCOS(=O)(=O)c1cc(S(=O)(=O)O)c(C(=O)O)c2ccccc12.[H-].[Na+]. The smallest absolute Gasteiger partial charge is 1.00 e. The first-order chi connectivity index (χ1) is 11.6. The van der Waals surface area contributed by atoms with Crippen molar-refractivity contribution >= 4 is 37.0 Å². The van der Waals surface area contributed by atoms with Crippen LogP contribution >= 0.6 is 0 Å². The molecular formula is C15H17NaO8S2. The van der Waals surface area contributed by atoms with Crippen LogP contribution in [-0.4, -0.2) is 39.1 Å². The molecule has 8 nitrogen and oxygen atoms in total. The van der Waals surface area contributed by atoms with Gasteiger partial charge in [-0.25, -0.2) is 4.79 Å². The Bertz CT molecular complexity index is 1040. The van der Waals surface area contributed by atoms with E-state index >= 15 is 0 Å². The number of carboxylic acids is 1. The van der Waals surface area contributed by atoms with Crippen molar-refractivity contribution in [2.75, 3.05) is 6.61 Å². The van der Waals surface area contributed by atoms with Crippen LogP contribution in [0.5, 0.6) is 0 Å². The van der Waals surface area contributed by atoms with Gasteiger partial charge in [-0.05, 0) is 17.9 Å². The van der Waals surface area contributed by atoms with Gasteiger partial charge in [-0.3, -0.25) is 8.74 Å². The van der Waals surface area contributed by atoms with Gasteiger partial charge in [0.05, 0.1) is 12.2 Å². The molecule has 0 atom stereocenters. The predicted molar refractivity (Wildman–Crippen MR) is 89.9 cm³/mol. The van der Waals surface area contributed by atoms with Gasteiger partial charge in [0.1, 0.15) is 9.79 Å². The van der Waals surface area contributed by atoms with Crippen LogP contribution in [0.2, 0.25) is 0 Å². The van der Waals surface area contributed by atoms with Gasteiger partial charge < -0.3 is 6.53 Å². The van der Waals surface area contributed by atoms with E-state index < -0.39 is 41.6 Å². The summed E-state index contributed by atoms with van der Waals surface area (Å²) in [7, 11) is -9.33. The third-order valence-electron chi connectivity index (χ3n) is 3.47. The van der Waals surface area contributed by atoms with Crippen LogP contribution in [0.4, 0.5) is 0 Å². The number of unbranched alkanes of at least 4 members (excludes halogenated alkanes) is 1. The molecule has 0 aromatic heterocycles. The Labute approximate surface area is 174 Å². The zero-order valence-corrected chi connectivity index (χ0v) is 17.8. The summed E-state index contributed by atoms with van der Waals surface area (Å²) in [5, 5.41) is 9.19. The van der Waals surface area contributed by atoms with E-state index in [4.69, 9.17) is 4.18 Å². The molecule has 2 aromatic carbocycles. The number of fused-ring (bicyclic) bond motifs is 1. The predicted octanol–water partition coefficient (Wildman–Crippen LogP) is -0.593. The second-order valence-corrected chi connectivity index (χ2v) is 8.18. The Morgan fingerprint density at radius 2 is 1.69 bits per heavy atom. The summed E-state index contributed by atoms with van der Waals surface area (Å²) in [4.78, 5) is 9.98. The Morgan fingerprint density at radius 1 is 1.12 bits per heavy atom. The minimum Gasteiger partial charge on any atom is -1.00 e. The third-order valence-corrected chi connectivity index (χ3v) is 5.70. The van der Waals surface area contributed by atoms with Gasteiger partial charge in [0, 0.05) is 5.39 Å². The number of carbonyl (C=O) groups is 1. The second kappa shape index (κ2) is 8.79. The van der Waals surface area contributed by atoms with E-state index in [2.05, 4.69) is 0 Å². The average molecular weight is 412 g/mol. The van der Waals surface area contributed by atoms with E-state index in [0.717, 1.165) is 0 Å². The number of hydrogen-bond acceptors (Lipinski definition) is 6. The Hall–Kier alpha value is -1.01. The fourth-order valence-electron chi connectivity index (χ4n) is 2.33. The first-order valence-electron chi connectivity index (χ1n) is 7.25. The molecule has 0 radical (unpaired) electrons. The quantitative estimate of drug-likeness (QED) is 0.267. The number of carboxylic acid groups (broad SMARTS) is 1. The summed E-state index contributed by atoms with van der Waals surface area (Å²) >= 11 is 0. The minimum absolute atomic E-state index is 0. The van der Waals surface area contributed by atoms with E-state index in [9.17, 15) is 31.3 Å². The number of hydrogen-bond donors (Lipinski definition) is 2. The maximum Gasteiger partial charge on any atom is 1.00 e. The molecule has 0 amide bonds. The molecule has 0 heterocycles. The summed E-state index contributed by atoms with van der Waals surface area (Å²) in [5.41, 5.74) is -0.703. The van der Waals surface area contributed by atoms with E-state index in [-0.39, 0.29) is 48.4 Å². The summed E-state index contributed by atoms with van der Waals surface area (Å²) in [5.74, 6) is -1.61. The van der Waals surface area contributed by atoms with Gasteiger partial charge in [-0.1, -0.05) is 37.6 Å². The molecule has 11 heteroatoms. The molecule has 2 aromatic rings. The van der Waals surface area contributed by atoms with Crippen molar-refractivity contribution in [1.82, 2.24) is 0 Å². The van der Waals surface area contributed by atoms with Gasteiger partial charge in [-0.15, -0.1) is 0 Å². The van der Waals surface area contributed by atoms with Crippen molar-refractivity contribution in [3.63, 3.8) is 0 Å². The molecule has 0 spiro atoms. The Balaban J connectivity index is 0.00000338. The standard InChI is InChI=1S/C15H16O8S2.Na.H/c1-2-3-8-23-25(21,22)12-9-13(24(18,19)20)14(15(16)17)11-7-5-4-6-10(11)12;;/h4-7,9H,2-3,8H2,1H3,(H,16,17)(H,18,19,20);;/q;+1;-1. The second-order valence-electron chi connectivity index (χ2n) is 5.20. The molecule has 0 saturated carbocycles. The third kappa shape index (κ3) is 4.83. The van der Waals surface area contributed by atoms with E-state index in [1.165, 1.54) is 24.3 Å². The van der Waals surface area contributed by atoms with E-state index in [0.29, 0.717) is 18.9 Å². The number of rotatable bonds is 7. The monoisotopic (exact) mass is 412 g/mol. The van der Waals surface area contributed by atoms with Gasteiger partial charge in [0.25, 0.3) is 20.2 Å². The maximum atomic E-state index is 12.4. The molecule has 138 valence electrons. The molecule has 0 unspecified atom stereocenters. The average Bonchev–Trinajstić information content (AvgIpc) is 2.52. The topological polar surface area (TPSA) is 135 Å². The molecule has 0 aliphatic heterocycles. The first-order valence-corrected chi connectivity index (χ1v) is 10.1. The van der Waals surface area contributed by atoms with Crippen molar-refractivity contribution in [1.29, 1.82) is 0 Å². The minimum atomic E-state index is -4.98. The summed E-state index contributed by atoms with van der Waals surface area (Å²) in [6.07, 6.45) is 1.15. The van der Waals surface area contributed by atoms with Crippen LogP contribution in [0.15, 0.2) is 40.1 Å². The van der Waals surface area contributed by atoms with Crippen LogP contribution in [0, 0.1) is 0 Å². The molecule has 26 heavy (non-hydrogen) atoms. The zero-order valence-electron chi connectivity index (χ0n) is 15.2. The summed E-state index contributed by atoms with van der Waals surface area (Å²) in [6, 6.07) is 6.12. The molecule has 0 aliphatic rings. The van der Waals surface area contributed by atoms with E-state index in [1.54, 1.807) is 0 Å². The molecule has 0 saturated heterocycles. The molecular weight excluding hydrogens is 395 g/mol. The number of aromatic carboxylic acids is 1. The molecule has 2 rings (SSSR count). The van der Waals surface area contributed by atoms with E-state index in [1.807, 2.05) is 6.92 Å². The number of benzene rings is 2.